The molecule has 1 spiro atoms. The normalized spacial score (nSPS) is 22.7. The Hall–Kier alpha value is -2.09. The van der Waals surface area contributed by atoms with Crippen LogP contribution in [0.25, 0.3) is 6.08 Å². The highest BCUT2D eigenvalue weighted by molar-refractivity contribution is 6.02. The molecule has 19 heavy (non-hydrogen) atoms. The first-order chi connectivity index (χ1) is 9.21. The van der Waals surface area contributed by atoms with Gasteiger partial charge in [-0.3, -0.25) is 4.79 Å². The van der Waals surface area contributed by atoms with E-state index in [2.05, 4.69) is 24.3 Å². The van der Waals surface area contributed by atoms with Gasteiger partial charge in [0.2, 0.25) is 0 Å². The fourth-order valence-corrected chi connectivity index (χ4v) is 2.84. The van der Waals surface area contributed by atoms with Crippen LogP contribution in [-0.2, 0) is 4.79 Å². The molecule has 0 atom stereocenters. The summed E-state index contributed by atoms with van der Waals surface area (Å²) < 4.78 is 0. The maximum atomic E-state index is 12.4. The van der Waals surface area contributed by atoms with Gasteiger partial charge in [-0.05, 0) is 18.1 Å². The number of nitrogens with zero attached hydrogens (tertiary/aromatic N) is 1. The van der Waals surface area contributed by atoms with Gasteiger partial charge in [-0.15, -0.1) is 0 Å². The predicted octanol–water partition coefficient (Wildman–Crippen LogP) is 3.04. The third-order valence-electron chi connectivity index (χ3n) is 3.79. The molecule has 2 aliphatic rings. The molecule has 1 amide bonds. The molecule has 1 saturated heterocycles. The van der Waals surface area contributed by atoms with Crippen LogP contribution in [0.15, 0.2) is 60.2 Å². The highest BCUT2D eigenvalue weighted by atomic mass is 16.2. The van der Waals surface area contributed by atoms with E-state index in [1.807, 2.05) is 43.5 Å². The molecule has 1 fully saturated rings. The quantitative estimate of drug-likeness (QED) is 0.555. The van der Waals surface area contributed by atoms with Crippen LogP contribution in [0.3, 0.4) is 0 Å². The van der Waals surface area contributed by atoms with Crippen molar-refractivity contribution in [1.29, 1.82) is 0 Å². The van der Waals surface area contributed by atoms with E-state index >= 15 is 0 Å². The highest BCUT2D eigenvalue weighted by Crippen LogP contribution is 2.41. The molecule has 1 aliphatic carbocycles. The van der Waals surface area contributed by atoms with Crippen molar-refractivity contribution < 1.29 is 4.79 Å². The van der Waals surface area contributed by atoms with Crippen LogP contribution in [0.4, 0.5) is 0 Å². The lowest BCUT2D eigenvalue weighted by Gasteiger charge is -2.23. The Balaban J connectivity index is 2.08. The minimum Gasteiger partial charge on any atom is -0.340 e. The average molecular weight is 251 g/mol. The summed E-state index contributed by atoms with van der Waals surface area (Å²) in [5.41, 5.74) is 1.71. The highest BCUT2D eigenvalue weighted by Gasteiger charge is 2.43. The molecule has 0 bridgehead atoms. The molecule has 1 aromatic rings. The minimum atomic E-state index is -0.236. The molecule has 2 nitrogen and oxygen atoms in total. The summed E-state index contributed by atoms with van der Waals surface area (Å²) in [4.78, 5) is 14.2. The second kappa shape index (κ2) is 4.54. The number of likely N-dealkylation sites (tertiary alicyclic amines) is 1. The fourth-order valence-electron chi connectivity index (χ4n) is 2.84. The molecular weight excluding hydrogens is 234 g/mol. The molecule has 0 N–H and O–H groups in total. The van der Waals surface area contributed by atoms with Gasteiger partial charge in [0.25, 0.3) is 5.91 Å². The number of allylic oxidation sites excluding steroid dienone is 2. The van der Waals surface area contributed by atoms with E-state index in [0.717, 1.165) is 24.1 Å². The van der Waals surface area contributed by atoms with Crippen molar-refractivity contribution in [2.75, 3.05) is 13.6 Å². The molecular formula is C17H17NO. The van der Waals surface area contributed by atoms with E-state index < -0.39 is 0 Å². The fraction of sp³-hybridized carbons (Fsp3) is 0.235. The minimum absolute atomic E-state index is 0.125. The van der Waals surface area contributed by atoms with E-state index in [-0.39, 0.29) is 11.3 Å². The summed E-state index contributed by atoms with van der Waals surface area (Å²) >= 11 is 0. The average Bonchev–Trinajstić information content (AvgIpc) is 2.66. The first kappa shape index (κ1) is 12.0. The number of likely N-dealkylation sites (N-methyl/N-ethyl adjacent to an activating group) is 1. The van der Waals surface area contributed by atoms with Gasteiger partial charge in [-0.25, -0.2) is 0 Å². The number of carbonyl (C=O) groups excluding carboxylic acids is 1. The molecule has 0 saturated carbocycles. The van der Waals surface area contributed by atoms with Gasteiger partial charge < -0.3 is 4.90 Å². The molecule has 96 valence electrons. The Morgan fingerprint density at radius 1 is 1.16 bits per heavy atom. The second-order valence-electron chi connectivity index (χ2n) is 5.21. The number of carbonyl (C=O) groups is 1. The van der Waals surface area contributed by atoms with E-state index in [4.69, 9.17) is 0 Å². The lowest BCUT2D eigenvalue weighted by atomic mass is 9.78. The predicted molar refractivity (Wildman–Crippen MR) is 77.4 cm³/mol. The van der Waals surface area contributed by atoms with E-state index in [1.165, 1.54) is 0 Å². The maximum Gasteiger partial charge on any atom is 0.250 e. The second-order valence-corrected chi connectivity index (χ2v) is 5.21. The summed E-state index contributed by atoms with van der Waals surface area (Å²) in [7, 11) is 1.87. The Labute approximate surface area is 113 Å². The molecule has 0 aromatic heterocycles. The van der Waals surface area contributed by atoms with Gasteiger partial charge in [-0.1, -0.05) is 54.6 Å². The van der Waals surface area contributed by atoms with Crippen molar-refractivity contribution in [3.05, 3.63) is 65.8 Å². The Morgan fingerprint density at radius 2 is 1.84 bits per heavy atom. The van der Waals surface area contributed by atoms with Gasteiger partial charge >= 0.3 is 0 Å². The first-order valence-electron chi connectivity index (χ1n) is 6.59. The summed E-state index contributed by atoms with van der Waals surface area (Å²) in [6.07, 6.45) is 11.6. The molecule has 2 heteroatoms. The number of amides is 1. The van der Waals surface area contributed by atoms with Gasteiger partial charge in [0.15, 0.2) is 0 Å². The monoisotopic (exact) mass is 251 g/mol. The van der Waals surface area contributed by atoms with Crippen molar-refractivity contribution in [3.8, 4) is 0 Å². The smallest absolute Gasteiger partial charge is 0.250 e. The van der Waals surface area contributed by atoms with Crippen molar-refractivity contribution >= 4 is 12.0 Å². The Morgan fingerprint density at radius 3 is 2.53 bits per heavy atom. The van der Waals surface area contributed by atoms with Gasteiger partial charge in [0.05, 0.1) is 5.41 Å². The number of benzene rings is 1. The van der Waals surface area contributed by atoms with Crippen molar-refractivity contribution in [1.82, 2.24) is 4.90 Å². The standard InChI is InChI=1S/C17H17NO/c1-18-13-17(10-6-3-7-11-17)15(16(18)19)12-14-8-4-2-5-9-14/h2,4-12H,3,13H2,1H3/b15-12+. The van der Waals surface area contributed by atoms with Gasteiger partial charge in [-0.2, -0.15) is 0 Å². The maximum absolute atomic E-state index is 12.4. The SMILES string of the molecule is CN1CC2(C=CCC=C2)/C(=C/c2ccccc2)C1=O. The molecule has 1 aliphatic heterocycles. The van der Waals surface area contributed by atoms with Crippen molar-refractivity contribution in [3.63, 3.8) is 0 Å². The summed E-state index contributed by atoms with van der Waals surface area (Å²) in [6.45, 7) is 0.734. The first-order valence-corrected chi connectivity index (χ1v) is 6.59. The molecule has 1 aromatic carbocycles. The lowest BCUT2D eigenvalue weighted by molar-refractivity contribution is -0.123. The van der Waals surface area contributed by atoms with Crippen LogP contribution in [0, 0.1) is 5.41 Å². The van der Waals surface area contributed by atoms with Crippen molar-refractivity contribution in [2.45, 2.75) is 6.42 Å². The Bertz CT molecular complexity index is 569. The number of hydrogen-bond donors (Lipinski definition) is 0. The third-order valence-corrected chi connectivity index (χ3v) is 3.79. The van der Waals surface area contributed by atoms with E-state index in [9.17, 15) is 4.79 Å². The van der Waals surface area contributed by atoms with Crippen LogP contribution in [0.5, 0.6) is 0 Å². The number of hydrogen-bond acceptors (Lipinski definition) is 1. The zero-order chi connectivity index (χ0) is 13.3. The molecule has 3 rings (SSSR count). The number of rotatable bonds is 1. The largest absolute Gasteiger partial charge is 0.340 e. The molecule has 1 heterocycles. The topological polar surface area (TPSA) is 20.3 Å². The van der Waals surface area contributed by atoms with Crippen LogP contribution < -0.4 is 0 Å². The lowest BCUT2D eigenvalue weighted by Crippen LogP contribution is -2.23. The summed E-state index contributed by atoms with van der Waals surface area (Å²) in [5.74, 6) is 0.125. The van der Waals surface area contributed by atoms with Crippen LogP contribution in [-0.4, -0.2) is 24.4 Å². The summed E-state index contributed by atoms with van der Waals surface area (Å²) in [5, 5.41) is 0. The molecule has 0 unspecified atom stereocenters. The van der Waals surface area contributed by atoms with Crippen molar-refractivity contribution in [2.24, 2.45) is 5.41 Å². The van der Waals surface area contributed by atoms with Gasteiger partial charge in [0.1, 0.15) is 0 Å². The van der Waals surface area contributed by atoms with E-state index in [0.29, 0.717) is 0 Å². The molecule has 0 radical (unpaired) electrons. The Kier molecular flexibility index (Phi) is 2.86. The van der Waals surface area contributed by atoms with E-state index in [1.54, 1.807) is 4.90 Å². The third kappa shape index (κ3) is 2.03. The van der Waals surface area contributed by atoms with Crippen LogP contribution in [0.1, 0.15) is 12.0 Å². The van der Waals surface area contributed by atoms with Crippen LogP contribution >= 0.6 is 0 Å². The zero-order valence-electron chi connectivity index (χ0n) is 11.0. The van der Waals surface area contributed by atoms with Crippen LogP contribution in [0.2, 0.25) is 0 Å². The zero-order valence-corrected chi connectivity index (χ0v) is 11.0. The van der Waals surface area contributed by atoms with Gasteiger partial charge in [0, 0.05) is 19.2 Å². The summed E-state index contributed by atoms with van der Waals surface area (Å²) in [6, 6.07) is 10.0.